The van der Waals surface area contributed by atoms with Gasteiger partial charge in [-0.3, -0.25) is 14.7 Å². The van der Waals surface area contributed by atoms with Gasteiger partial charge in [-0.05, 0) is 56.5 Å². The molecule has 0 saturated heterocycles. The molecule has 272 valence electrons. The van der Waals surface area contributed by atoms with Crippen LogP contribution in [0.1, 0.15) is 49.5 Å². The second-order valence-electron chi connectivity index (χ2n) is 14.5. The lowest BCUT2D eigenvalue weighted by Gasteiger charge is -2.45. The van der Waals surface area contributed by atoms with Crippen LogP contribution in [0.4, 0.5) is 5.69 Å². The Morgan fingerprint density at radius 2 is 1.88 bits per heavy atom. The van der Waals surface area contributed by atoms with Gasteiger partial charge in [-0.1, -0.05) is 25.0 Å². The molecule has 0 bridgehead atoms. The molecule has 0 radical (unpaired) electrons. The molecule has 13 heteroatoms. The zero-order valence-electron chi connectivity index (χ0n) is 28.6. The Labute approximate surface area is 294 Å². The molecule has 1 fully saturated rings. The number of nitrogens with zero attached hydrogens (tertiary/aromatic N) is 1. The van der Waals surface area contributed by atoms with Crippen molar-refractivity contribution in [1.29, 1.82) is 0 Å². The van der Waals surface area contributed by atoms with Crippen molar-refractivity contribution in [2.45, 2.75) is 88.0 Å². The molecule has 7 rings (SSSR count). The average molecular weight is 706 g/mol. The molecule has 0 amide bonds. The van der Waals surface area contributed by atoms with Crippen molar-refractivity contribution in [3.05, 3.63) is 87.6 Å². The number of rotatable bonds is 12. The predicted octanol–water partition coefficient (Wildman–Crippen LogP) is 1.44. The van der Waals surface area contributed by atoms with Gasteiger partial charge in [0.2, 0.25) is 11.3 Å². The molecular weight excluding hydrogens is 660 g/mol. The van der Waals surface area contributed by atoms with Gasteiger partial charge in [0.05, 0.1) is 17.6 Å². The summed E-state index contributed by atoms with van der Waals surface area (Å²) in [5.41, 5.74) is 1.02. The molecule has 0 spiro atoms. The molecule has 1 saturated carbocycles. The van der Waals surface area contributed by atoms with E-state index in [-0.39, 0.29) is 29.9 Å². The largest absolute Gasteiger partial charge is 0.508 e. The lowest BCUT2D eigenvalue weighted by Crippen LogP contribution is -3.01. The molecule has 7 N–H and O–H groups in total. The third-order valence-corrected chi connectivity index (χ3v) is 10.9. The summed E-state index contributed by atoms with van der Waals surface area (Å²) in [5.74, 6) is 1.18. The highest BCUT2D eigenvalue weighted by Gasteiger charge is 2.52. The molecule has 3 aliphatic heterocycles. The number of aryl methyl sites for hydroxylation is 1. The third-order valence-electron chi connectivity index (χ3n) is 10.9. The lowest BCUT2D eigenvalue weighted by molar-refractivity contribution is -0.759. The van der Waals surface area contributed by atoms with Crippen LogP contribution >= 0.6 is 0 Å². The zero-order chi connectivity index (χ0) is 36.1. The number of phenols is 1. The minimum Gasteiger partial charge on any atom is -0.508 e. The van der Waals surface area contributed by atoms with Crippen LogP contribution in [-0.2, 0) is 22.6 Å². The van der Waals surface area contributed by atoms with Crippen LogP contribution < -0.4 is 15.1 Å². The second kappa shape index (κ2) is 13.9. The molecule has 51 heavy (non-hydrogen) atoms. The molecular formula is C38H45N2O11+. The van der Waals surface area contributed by atoms with Gasteiger partial charge in [-0.2, -0.15) is 0 Å². The molecule has 7 unspecified atom stereocenters. The van der Waals surface area contributed by atoms with Gasteiger partial charge in [-0.25, -0.2) is 9.78 Å². The normalized spacial score (nSPS) is 25.9. The van der Waals surface area contributed by atoms with Gasteiger partial charge in [0.25, 0.3) is 0 Å². The number of benzene rings is 2. The van der Waals surface area contributed by atoms with E-state index in [2.05, 4.69) is 11.2 Å². The number of aliphatic hydroxyl groups excluding tert-OH is 4. The first kappa shape index (κ1) is 35.5. The summed E-state index contributed by atoms with van der Waals surface area (Å²) < 4.78 is 13.3. The van der Waals surface area contributed by atoms with Crippen LogP contribution in [0.25, 0.3) is 11.0 Å². The fraction of sp³-hybridized carbons (Fsp3) is 0.474. The van der Waals surface area contributed by atoms with Crippen LogP contribution in [0, 0.1) is 12.8 Å². The Balaban J connectivity index is 1.23. The number of fused-ring (bicyclic) bond motifs is 3. The molecule has 3 aromatic rings. The summed E-state index contributed by atoms with van der Waals surface area (Å²) in [6.07, 6.45) is 3.29. The van der Waals surface area contributed by atoms with Crippen molar-refractivity contribution in [2.75, 3.05) is 19.8 Å². The van der Waals surface area contributed by atoms with E-state index in [4.69, 9.17) is 18.9 Å². The monoisotopic (exact) mass is 705 g/mol. The van der Waals surface area contributed by atoms with Crippen molar-refractivity contribution in [3.63, 3.8) is 0 Å². The maximum Gasteiger partial charge on any atom is 0.222 e. The summed E-state index contributed by atoms with van der Waals surface area (Å²) >= 11 is 0. The van der Waals surface area contributed by atoms with Gasteiger partial charge in [0.15, 0.2) is 11.2 Å². The summed E-state index contributed by atoms with van der Waals surface area (Å²) in [6, 6.07) is 9.16. The standard InChI is InChI=1S/C38H44N2O11/c1-21-13-29(43)27-14-24-15-31(51-48-20-38(47,36(46)33(45)30(44)19-41)16-22-7-9-26(42)10-8-22)37(2,25-5-3-4-6-25)50-34(24)32(35(27)49-21)40-17-23-11-12-39-28(23)18-40/h7-14,17,25,30-31,33,36,41-42,44-47H,3-6,15-16,18-20H2,1-2H3/p+1. The Hall–Kier alpha value is -3.92. The van der Waals surface area contributed by atoms with Crippen molar-refractivity contribution in [3.8, 4) is 11.5 Å². The number of hydrogen-bond donors (Lipinski definition) is 7. The van der Waals surface area contributed by atoms with Crippen molar-refractivity contribution in [2.24, 2.45) is 10.9 Å². The number of phenolic OH excluding ortho intramolecular Hbond substituents is 1. The minimum atomic E-state index is -2.20. The minimum absolute atomic E-state index is 0.00204. The van der Waals surface area contributed by atoms with E-state index in [9.17, 15) is 35.4 Å². The van der Waals surface area contributed by atoms with Crippen LogP contribution in [0.15, 0.2) is 74.7 Å². The van der Waals surface area contributed by atoms with E-state index in [1.54, 1.807) is 31.3 Å². The van der Waals surface area contributed by atoms with Gasteiger partial charge in [-0.15, -0.1) is 0 Å². The van der Waals surface area contributed by atoms with Crippen molar-refractivity contribution >= 4 is 22.4 Å². The van der Waals surface area contributed by atoms with Gasteiger partial charge in [0, 0.05) is 36.6 Å². The molecule has 2 aromatic carbocycles. The zero-order valence-corrected chi connectivity index (χ0v) is 28.6. The van der Waals surface area contributed by atoms with E-state index >= 15 is 0 Å². The van der Waals surface area contributed by atoms with Crippen molar-refractivity contribution in [1.82, 2.24) is 0 Å². The molecule has 7 atom stereocenters. The number of aromatic hydroxyl groups is 1. The Kier molecular flexibility index (Phi) is 9.67. The van der Waals surface area contributed by atoms with E-state index in [0.717, 1.165) is 47.4 Å². The Morgan fingerprint density at radius 1 is 1.14 bits per heavy atom. The SMILES string of the molecule is Cc1cc(=O)c2cc3c(c([NH+]4C=C5C=CN=C5C4)c2o1)OC(C)(C1CCCC1)C(OOCC(O)(Cc1ccc(O)cc1)C(O)C(O)C(O)CO)C3. The lowest BCUT2D eigenvalue weighted by atomic mass is 9.78. The van der Waals surface area contributed by atoms with Gasteiger partial charge >= 0.3 is 0 Å². The number of quaternary nitrogens is 1. The Bertz CT molecular complexity index is 1930. The topological polar surface area (TPSA) is 196 Å². The van der Waals surface area contributed by atoms with Crippen molar-refractivity contribution < 1.29 is 54.5 Å². The number of hydrogen-bond acceptors (Lipinski definition) is 12. The van der Waals surface area contributed by atoms with E-state index in [1.807, 2.05) is 13.0 Å². The molecule has 4 aliphatic rings. The van der Waals surface area contributed by atoms with E-state index < -0.39 is 48.8 Å². The van der Waals surface area contributed by atoms with Gasteiger partial charge in [0.1, 0.15) is 72.2 Å². The third kappa shape index (κ3) is 6.64. The fourth-order valence-corrected chi connectivity index (χ4v) is 7.97. The fourth-order valence-electron chi connectivity index (χ4n) is 7.97. The highest BCUT2D eigenvalue weighted by atomic mass is 17.2. The summed E-state index contributed by atoms with van der Waals surface area (Å²) in [7, 11) is 0. The first-order chi connectivity index (χ1) is 24.4. The number of aliphatic imine (C=N–C) groups is 1. The molecule has 1 aliphatic carbocycles. The quantitative estimate of drug-likeness (QED) is 0.106. The molecule has 13 nitrogen and oxygen atoms in total. The first-order valence-corrected chi connectivity index (χ1v) is 17.4. The first-order valence-electron chi connectivity index (χ1n) is 17.4. The van der Waals surface area contributed by atoms with Crippen LogP contribution in [0.2, 0.25) is 0 Å². The summed E-state index contributed by atoms with van der Waals surface area (Å²) in [5, 5.41) is 63.1. The van der Waals surface area contributed by atoms with Crippen LogP contribution in [-0.4, -0.2) is 91.7 Å². The van der Waals surface area contributed by atoms with E-state index in [0.29, 0.717) is 40.3 Å². The summed E-state index contributed by atoms with van der Waals surface area (Å²) in [4.78, 5) is 30.7. The van der Waals surface area contributed by atoms with Crippen LogP contribution in [0.3, 0.4) is 0 Å². The molecule has 4 heterocycles. The number of allylic oxidation sites excluding steroid dienone is 1. The smallest absolute Gasteiger partial charge is 0.222 e. The summed E-state index contributed by atoms with van der Waals surface area (Å²) in [6.45, 7) is 2.80. The van der Waals surface area contributed by atoms with Crippen LogP contribution in [0.5, 0.6) is 11.5 Å². The highest BCUT2D eigenvalue weighted by molar-refractivity contribution is 6.07. The van der Waals surface area contributed by atoms with Gasteiger partial charge < -0.3 is 39.8 Å². The average Bonchev–Trinajstić information content (AvgIpc) is 3.88. The number of aliphatic hydroxyl groups is 5. The number of nitrogens with one attached hydrogen (secondary N) is 1. The van der Waals surface area contributed by atoms with E-state index in [1.165, 1.54) is 18.2 Å². The highest BCUT2D eigenvalue weighted by Crippen LogP contribution is 2.48. The number of ether oxygens (including phenoxy) is 1. The second-order valence-corrected chi connectivity index (χ2v) is 14.5. The maximum atomic E-state index is 13.4. The molecule has 1 aromatic heterocycles. The maximum absolute atomic E-state index is 13.4. The predicted molar refractivity (Wildman–Crippen MR) is 185 cm³/mol. The Morgan fingerprint density at radius 3 is 2.59 bits per heavy atom.